The maximum absolute atomic E-state index is 12.1. The maximum Gasteiger partial charge on any atom is 0.239 e. The fourth-order valence-corrected chi connectivity index (χ4v) is 2.66. The van der Waals surface area contributed by atoms with Gasteiger partial charge in [-0.15, -0.1) is 12.4 Å². The van der Waals surface area contributed by atoms with E-state index in [9.17, 15) is 4.79 Å². The number of halogens is 2. The number of hydrogen-bond donors (Lipinski definition) is 2. The van der Waals surface area contributed by atoms with Crippen molar-refractivity contribution < 1.29 is 9.53 Å². The van der Waals surface area contributed by atoms with E-state index in [0.717, 1.165) is 18.0 Å². The smallest absolute Gasteiger partial charge is 0.239 e. The van der Waals surface area contributed by atoms with E-state index in [-0.39, 0.29) is 29.8 Å². The van der Waals surface area contributed by atoms with Crippen molar-refractivity contribution in [2.24, 2.45) is 5.41 Å². The molecule has 2 rings (SSSR count). The Morgan fingerprint density at radius 2 is 2.27 bits per heavy atom. The van der Waals surface area contributed by atoms with Crippen LogP contribution >= 0.6 is 24.0 Å². The number of amides is 1. The van der Waals surface area contributed by atoms with Crippen LogP contribution in [0.4, 0.5) is 0 Å². The van der Waals surface area contributed by atoms with Crippen LogP contribution in [-0.4, -0.2) is 38.3 Å². The minimum absolute atomic E-state index is 0. The zero-order valence-corrected chi connectivity index (χ0v) is 14.6. The first-order valence-electron chi connectivity index (χ1n) is 7.30. The Morgan fingerprint density at radius 1 is 1.50 bits per heavy atom. The minimum Gasteiger partial charge on any atom is -0.378 e. The van der Waals surface area contributed by atoms with Gasteiger partial charge in [0.1, 0.15) is 6.04 Å². The molecule has 0 saturated carbocycles. The van der Waals surface area contributed by atoms with E-state index in [0.29, 0.717) is 19.8 Å². The summed E-state index contributed by atoms with van der Waals surface area (Å²) in [6, 6.07) is 7.62. The summed E-state index contributed by atoms with van der Waals surface area (Å²) in [5, 5.41) is 6.92. The molecule has 1 aromatic carbocycles. The van der Waals surface area contributed by atoms with Gasteiger partial charge in [0.05, 0.1) is 13.2 Å². The Kier molecular flexibility index (Phi) is 7.63. The van der Waals surface area contributed by atoms with Crippen LogP contribution in [0.15, 0.2) is 24.3 Å². The van der Waals surface area contributed by atoms with Crippen molar-refractivity contribution in [1.29, 1.82) is 0 Å². The Hall–Kier alpha value is -0.810. The summed E-state index contributed by atoms with van der Waals surface area (Å²) in [5.74, 6) is 0.00821. The van der Waals surface area contributed by atoms with Crippen molar-refractivity contribution in [3.63, 3.8) is 0 Å². The standard InChI is InChI=1S/C16H23ClN2O2.ClH/c1-16(2,9-12-4-3-5-13(17)8-12)11-19-15(20)14-10-21-7-6-18-14;/h3-5,8,14,18H,6-7,9-11H2,1-2H3,(H,19,20);1H. The van der Waals surface area contributed by atoms with Crippen LogP contribution in [0.1, 0.15) is 19.4 Å². The first kappa shape index (κ1) is 19.2. The lowest BCUT2D eigenvalue weighted by Crippen LogP contribution is -2.52. The van der Waals surface area contributed by atoms with Gasteiger partial charge in [0.15, 0.2) is 0 Å². The third-order valence-electron chi connectivity index (χ3n) is 3.55. The molecule has 1 saturated heterocycles. The number of rotatable bonds is 5. The lowest BCUT2D eigenvalue weighted by molar-refractivity contribution is -0.126. The van der Waals surface area contributed by atoms with Crippen LogP contribution in [-0.2, 0) is 16.0 Å². The maximum atomic E-state index is 12.1. The number of morpholine rings is 1. The molecule has 1 aromatic rings. The Labute approximate surface area is 143 Å². The van der Waals surface area contributed by atoms with E-state index in [1.54, 1.807) is 0 Å². The Balaban J connectivity index is 0.00000242. The molecule has 0 aliphatic carbocycles. The van der Waals surface area contributed by atoms with E-state index in [4.69, 9.17) is 16.3 Å². The fourth-order valence-electron chi connectivity index (χ4n) is 2.45. The van der Waals surface area contributed by atoms with Crippen molar-refractivity contribution in [3.8, 4) is 0 Å². The summed E-state index contributed by atoms with van der Waals surface area (Å²) in [6.45, 7) is 6.74. The molecule has 124 valence electrons. The van der Waals surface area contributed by atoms with Gasteiger partial charge < -0.3 is 15.4 Å². The number of carbonyl (C=O) groups is 1. The van der Waals surface area contributed by atoms with Gasteiger partial charge >= 0.3 is 0 Å². The van der Waals surface area contributed by atoms with E-state index in [1.165, 1.54) is 5.56 Å². The minimum atomic E-state index is -0.235. The van der Waals surface area contributed by atoms with Crippen LogP contribution < -0.4 is 10.6 Å². The molecule has 6 heteroatoms. The topological polar surface area (TPSA) is 50.4 Å². The average molecular weight is 347 g/mol. The molecular weight excluding hydrogens is 323 g/mol. The van der Waals surface area contributed by atoms with Crippen molar-refractivity contribution in [3.05, 3.63) is 34.9 Å². The summed E-state index contributed by atoms with van der Waals surface area (Å²) in [4.78, 5) is 12.1. The molecule has 0 spiro atoms. The summed E-state index contributed by atoms with van der Waals surface area (Å²) in [7, 11) is 0. The first-order chi connectivity index (χ1) is 9.96. The molecule has 1 aliphatic rings. The summed E-state index contributed by atoms with van der Waals surface area (Å²) in [6.07, 6.45) is 0.864. The monoisotopic (exact) mass is 346 g/mol. The number of ether oxygens (including phenoxy) is 1. The van der Waals surface area contributed by atoms with Gasteiger partial charge in [-0.2, -0.15) is 0 Å². The molecule has 0 bridgehead atoms. The fraction of sp³-hybridized carbons (Fsp3) is 0.562. The van der Waals surface area contributed by atoms with Gasteiger partial charge in [-0.25, -0.2) is 0 Å². The van der Waals surface area contributed by atoms with Gasteiger partial charge in [0.2, 0.25) is 5.91 Å². The quantitative estimate of drug-likeness (QED) is 0.860. The SMILES string of the molecule is CC(C)(CNC(=O)C1COCCN1)Cc1cccc(Cl)c1.Cl. The van der Waals surface area contributed by atoms with E-state index >= 15 is 0 Å². The van der Waals surface area contributed by atoms with Crippen molar-refractivity contribution in [1.82, 2.24) is 10.6 Å². The predicted octanol–water partition coefficient (Wildman–Crippen LogP) is 2.44. The second kappa shape index (κ2) is 8.73. The van der Waals surface area contributed by atoms with Crippen molar-refractivity contribution >= 4 is 29.9 Å². The Morgan fingerprint density at radius 3 is 2.91 bits per heavy atom. The zero-order valence-electron chi connectivity index (χ0n) is 13.0. The van der Waals surface area contributed by atoms with Crippen molar-refractivity contribution in [2.75, 3.05) is 26.3 Å². The lowest BCUT2D eigenvalue weighted by Gasteiger charge is -2.28. The van der Waals surface area contributed by atoms with E-state index in [1.807, 2.05) is 18.2 Å². The third kappa shape index (κ3) is 6.13. The highest BCUT2D eigenvalue weighted by atomic mass is 35.5. The summed E-state index contributed by atoms with van der Waals surface area (Å²) >= 11 is 6.01. The molecule has 2 N–H and O–H groups in total. The van der Waals surface area contributed by atoms with Crippen LogP contribution in [0, 0.1) is 5.41 Å². The summed E-state index contributed by atoms with van der Waals surface area (Å²) in [5.41, 5.74) is 1.15. The first-order valence-corrected chi connectivity index (χ1v) is 7.67. The molecule has 22 heavy (non-hydrogen) atoms. The third-order valence-corrected chi connectivity index (χ3v) is 3.79. The van der Waals surface area contributed by atoms with Crippen LogP contribution in [0.2, 0.25) is 5.02 Å². The largest absolute Gasteiger partial charge is 0.378 e. The lowest BCUT2D eigenvalue weighted by atomic mass is 9.85. The van der Waals surface area contributed by atoms with Crippen LogP contribution in [0.3, 0.4) is 0 Å². The second-order valence-electron chi connectivity index (χ2n) is 6.27. The zero-order chi connectivity index (χ0) is 15.3. The molecule has 1 atom stereocenters. The van der Waals surface area contributed by atoms with Gasteiger partial charge in [0.25, 0.3) is 0 Å². The molecule has 1 heterocycles. The van der Waals surface area contributed by atoms with Gasteiger partial charge in [-0.1, -0.05) is 37.6 Å². The molecule has 1 unspecified atom stereocenters. The highest BCUT2D eigenvalue weighted by Gasteiger charge is 2.24. The number of carbonyl (C=O) groups excluding carboxylic acids is 1. The normalized spacial score (nSPS) is 18.4. The van der Waals surface area contributed by atoms with Gasteiger partial charge in [-0.3, -0.25) is 4.79 Å². The van der Waals surface area contributed by atoms with Crippen LogP contribution in [0.25, 0.3) is 0 Å². The molecule has 0 radical (unpaired) electrons. The summed E-state index contributed by atoms with van der Waals surface area (Å²) < 4.78 is 5.31. The number of nitrogens with one attached hydrogen (secondary N) is 2. The van der Waals surface area contributed by atoms with E-state index < -0.39 is 0 Å². The number of benzene rings is 1. The molecule has 0 aromatic heterocycles. The van der Waals surface area contributed by atoms with Crippen LogP contribution in [0.5, 0.6) is 0 Å². The average Bonchev–Trinajstić information content (AvgIpc) is 2.45. The predicted molar refractivity (Wildman–Crippen MR) is 91.8 cm³/mol. The highest BCUT2D eigenvalue weighted by molar-refractivity contribution is 6.30. The molecule has 1 amide bonds. The molecule has 1 fully saturated rings. The molecule has 4 nitrogen and oxygen atoms in total. The highest BCUT2D eigenvalue weighted by Crippen LogP contribution is 2.22. The molecule has 1 aliphatic heterocycles. The van der Waals surface area contributed by atoms with E-state index in [2.05, 4.69) is 30.5 Å². The van der Waals surface area contributed by atoms with Gasteiger partial charge in [0, 0.05) is 18.1 Å². The van der Waals surface area contributed by atoms with Crippen molar-refractivity contribution in [2.45, 2.75) is 26.3 Å². The second-order valence-corrected chi connectivity index (χ2v) is 6.71. The number of hydrogen-bond acceptors (Lipinski definition) is 3. The Bertz CT molecular complexity index is 489. The molecular formula is C16H24Cl2N2O2. The van der Waals surface area contributed by atoms with Gasteiger partial charge in [-0.05, 0) is 29.5 Å².